The van der Waals surface area contributed by atoms with E-state index in [9.17, 15) is 9.59 Å². The number of rotatable bonds is 5. The zero-order valence-corrected chi connectivity index (χ0v) is 13.3. The molecule has 0 atom stereocenters. The lowest BCUT2D eigenvalue weighted by molar-refractivity contribution is 0.0600. The van der Waals surface area contributed by atoms with Crippen molar-refractivity contribution in [3.8, 4) is 11.5 Å². The minimum atomic E-state index is -0.878. The topological polar surface area (TPSA) is 85.3 Å². The second-order valence-corrected chi connectivity index (χ2v) is 5.38. The predicted molar refractivity (Wildman–Crippen MR) is 82.2 cm³/mol. The van der Waals surface area contributed by atoms with Crippen LogP contribution in [-0.2, 0) is 4.74 Å². The van der Waals surface area contributed by atoms with E-state index in [0.717, 1.165) is 12.8 Å². The molecule has 23 heavy (non-hydrogen) atoms. The van der Waals surface area contributed by atoms with Crippen LogP contribution in [0.2, 0.25) is 0 Å². The summed E-state index contributed by atoms with van der Waals surface area (Å²) in [6.45, 7) is 1.49. The van der Waals surface area contributed by atoms with Crippen LogP contribution in [0.3, 0.4) is 0 Å². The number of hydrogen-bond acceptors (Lipinski definition) is 5. The van der Waals surface area contributed by atoms with E-state index < -0.39 is 12.1 Å². The van der Waals surface area contributed by atoms with Crippen LogP contribution in [0.5, 0.6) is 11.5 Å². The van der Waals surface area contributed by atoms with Gasteiger partial charge in [0.05, 0.1) is 26.4 Å². The first-order chi connectivity index (χ1) is 11.0. The van der Waals surface area contributed by atoms with Gasteiger partial charge in [0.15, 0.2) is 11.5 Å². The molecule has 1 saturated heterocycles. The van der Waals surface area contributed by atoms with E-state index in [2.05, 4.69) is 0 Å². The van der Waals surface area contributed by atoms with E-state index in [-0.39, 0.29) is 5.92 Å². The molecule has 1 N–H and O–H groups in total. The number of methoxy groups -OCH3 is 2. The van der Waals surface area contributed by atoms with Crippen LogP contribution in [0.1, 0.15) is 23.2 Å². The van der Waals surface area contributed by atoms with Gasteiger partial charge in [-0.3, -0.25) is 0 Å². The fourth-order valence-electron chi connectivity index (χ4n) is 2.53. The largest absolute Gasteiger partial charge is 0.493 e. The maximum atomic E-state index is 11.6. The normalized spacial score (nSPS) is 15.1. The molecule has 1 aliphatic heterocycles. The maximum Gasteiger partial charge on any atom is 0.407 e. The third kappa shape index (κ3) is 4.28. The van der Waals surface area contributed by atoms with Crippen molar-refractivity contribution < 1.29 is 28.9 Å². The fraction of sp³-hybridized carbons (Fsp3) is 0.500. The summed E-state index contributed by atoms with van der Waals surface area (Å²) in [4.78, 5) is 23.9. The molecule has 1 fully saturated rings. The Morgan fingerprint density at radius 1 is 1.22 bits per heavy atom. The van der Waals surface area contributed by atoms with E-state index in [1.54, 1.807) is 18.2 Å². The van der Waals surface area contributed by atoms with Gasteiger partial charge in [0.2, 0.25) is 0 Å². The van der Waals surface area contributed by atoms with E-state index in [0.29, 0.717) is 36.8 Å². The SMILES string of the molecule is COC(=O)c1ccc(OC)c(OCC2CCN(C(=O)O)CC2)c1. The number of carbonyl (C=O) groups is 2. The number of benzene rings is 1. The highest BCUT2D eigenvalue weighted by molar-refractivity contribution is 5.90. The number of ether oxygens (including phenoxy) is 3. The highest BCUT2D eigenvalue weighted by atomic mass is 16.5. The molecule has 0 aromatic heterocycles. The van der Waals surface area contributed by atoms with Gasteiger partial charge < -0.3 is 24.2 Å². The lowest BCUT2D eigenvalue weighted by Gasteiger charge is -2.29. The van der Waals surface area contributed by atoms with Gasteiger partial charge in [0.25, 0.3) is 0 Å². The average Bonchev–Trinajstić information content (AvgIpc) is 2.59. The molecular weight excluding hydrogens is 302 g/mol. The number of carbonyl (C=O) groups excluding carboxylic acids is 1. The molecule has 7 heteroatoms. The number of esters is 1. The molecule has 0 bridgehead atoms. The molecule has 0 unspecified atom stereocenters. The fourth-order valence-corrected chi connectivity index (χ4v) is 2.53. The minimum Gasteiger partial charge on any atom is -0.493 e. The summed E-state index contributed by atoms with van der Waals surface area (Å²) in [7, 11) is 2.86. The van der Waals surface area contributed by atoms with Gasteiger partial charge in [0.1, 0.15) is 0 Å². The standard InChI is InChI=1S/C16H21NO6/c1-21-13-4-3-12(15(18)22-2)9-14(13)23-10-11-5-7-17(8-6-11)16(19)20/h3-4,9,11H,5-8,10H2,1-2H3,(H,19,20). The summed E-state index contributed by atoms with van der Waals surface area (Å²) in [5, 5.41) is 8.94. The molecule has 0 aliphatic carbocycles. The van der Waals surface area contributed by atoms with Crippen LogP contribution in [0.15, 0.2) is 18.2 Å². The van der Waals surface area contributed by atoms with Crippen molar-refractivity contribution in [1.82, 2.24) is 4.90 Å². The number of nitrogens with zero attached hydrogens (tertiary/aromatic N) is 1. The quantitative estimate of drug-likeness (QED) is 0.837. The number of likely N-dealkylation sites (tertiary alicyclic amines) is 1. The van der Waals surface area contributed by atoms with Crippen molar-refractivity contribution >= 4 is 12.1 Å². The summed E-state index contributed by atoms with van der Waals surface area (Å²) in [5.74, 6) is 0.862. The van der Waals surface area contributed by atoms with Gasteiger partial charge in [0, 0.05) is 13.1 Å². The van der Waals surface area contributed by atoms with E-state index in [1.807, 2.05) is 0 Å². The van der Waals surface area contributed by atoms with Gasteiger partial charge >= 0.3 is 12.1 Å². The molecule has 7 nitrogen and oxygen atoms in total. The molecule has 126 valence electrons. The molecule has 0 spiro atoms. The second kappa shape index (κ2) is 7.71. The number of piperidine rings is 1. The Kier molecular flexibility index (Phi) is 5.67. The third-order valence-corrected chi connectivity index (χ3v) is 3.94. The van der Waals surface area contributed by atoms with Gasteiger partial charge in [-0.25, -0.2) is 9.59 Å². The molecule has 1 aliphatic rings. The lowest BCUT2D eigenvalue weighted by atomic mass is 9.98. The molecule has 0 saturated carbocycles. The van der Waals surface area contributed by atoms with Crippen molar-refractivity contribution in [3.63, 3.8) is 0 Å². The Hall–Kier alpha value is -2.44. The van der Waals surface area contributed by atoms with E-state index in [4.69, 9.17) is 19.3 Å². The van der Waals surface area contributed by atoms with Crippen LogP contribution < -0.4 is 9.47 Å². The van der Waals surface area contributed by atoms with Crippen LogP contribution in [0.4, 0.5) is 4.79 Å². The highest BCUT2D eigenvalue weighted by Crippen LogP contribution is 2.29. The summed E-state index contributed by atoms with van der Waals surface area (Å²) < 4.78 is 15.7. The summed E-state index contributed by atoms with van der Waals surface area (Å²) >= 11 is 0. The van der Waals surface area contributed by atoms with E-state index >= 15 is 0 Å². The van der Waals surface area contributed by atoms with Crippen molar-refractivity contribution in [2.75, 3.05) is 33.9 Å². The van der Waals surface area contributed by atoms with Crippen LogP contribution in [-0.4, -0.2) is 56.0 Å². The van der Waals surface area contributed by atoms with E-state index in [1.165, 1.54) is 19.1 Å². The predicted octanol–water partition coefficient (Wildman–Crippen LogP) is 2.25. The Balaban J connectivity index is 1.97. The van der Waals surface area contributed by atoms with Crippen molar-refractivity contribution in [2.45, 2.75) is 12.8 Å². The summed E-state index contributed by atoms with van der Waals surface area (Å²) in [6, 6.07) is 4.87. The Morgan fingerprint density at radius 2 is 1.91 bits per heavy atom. The van der Waals surface area contributed by atoms with Crippen LogP contribution in [0, 0.1) is 5.92 Å². The first-order valence-electron chi connectivity index (χ1n) is 7.42. The Bertz CT molecular complexity index is 566. The summed E-state index contributed by atoms with van der Waals surface area (Å²) in [5.41, 5.74) is 0.393. The van der Waals surface area contributed by atoms with Crippen molar-refractivity contribution in [1.29, 1.82) is 0 Å². The highest BCUT2D eigenvalue weighted by Gasteiger charge is 2.23. The number of amides is 1. The molecule has 0 radical (unpaired) electrons. The molecule has 2 rings (SSSR count). The zero-order chi connectivity index (χ0) is 16.8. The smallest absolute Gasteiger partial charge is 0.407 e. The van der Waals surface area contributed by atoms with Gasteiger partial charge in [-0.05, 0) is 37.0 Å². The monoisotopic (exact) mass is 323 g/mol. The number of hydrogen-bond donors (Lipinski definition) is 1. The first kappa shape index (κ1) is 16.9. The van der Waals surface area contributed by atoms with Gasteiger partial charge in [-0.15, -0.1) is 0 Å². The molecule has 1 heterocycles. The summed E-state index contributed by atoms with van der Waals surface area (Å²) in [6.07, 6.45) is 0.633. The Morgan fingerprint density at radius 3 is 2.48 bits per heavy atom. The molecule has 1 amide bonds. The lowest BCUT2D eigenvalue weighted by Crippen LogP contribution is -2.38. The second-order valence-electron chi connectivity index (χ2n) is 5.38. The minimum absolute atomic E-state index is 0.275. The van der Waals surface area contributed by atoms with Gasteiger partial charge in [-0.1, -0.05) is 0 Å². The van der Waals surface area contributed by atoms with Crippen molar-refractivity contribution in [3.05, 3.63) is 23.8 Å². The average molecular weight is 323 g/mol. The van der Waals surface area contributed by atoms with Crippen LogP contribution in [0.25, 0.3) is 0 Å². The Labute approximate surface area is 134 Å². The molecular formula is C16H21NO6. The zero-order valence-electron chi connectivity index (χ0n) is 13.3. The van der Waals surface area contributed by atoms with Gasteiger partial charge in [-0.2, -0.15) is 0 Å². The maximum absolute atomic E-state index is 11.6. The van der Waals surface area contributed by atoms with Crippen molar-refractivity contribution in [2.24, 2.45) is 5.92 Å². The third-order valence-electron chi connectivity index (χ3n) is 3.94. The first-order valence-corrected chi connectivity index (χ1v) is 7.42. The molecule has 1 aromatic carbocycles. The molecule has 1 aromatic rings. The number of carboxylic acid groups (broad SMARTS) is 1. The van der Waals surface area contributed by atoms with Crippen LogP contribution >= 0.6 is 0 Å².